The third-order valence-corrected chi connectivity index (χ3v) is 4.55. The Morgan fingerprint density at radius 3 is 2.00 bits per heavy atom. The number of hydrogen-bond acceptors (Lipinski definition) is 2. The van der Waals surface area contributed by atoms with Crippen molar-refractivity contribution in [1.29, 1.82) is 0 Å². The maximum Gasteiger partial charge on any atom is 0.00106 e. The average Bonchev–Trinajstić information content (AvgIpc) is 2.33. The van der Waals surface area contributed by atoms with Gasteiger partial charge in [-0.25, -0.2) is 0 Å². The normalized spacial score (nSPS) is 27.4. The molecule has 2 heteroatoms. The van der Waals surface area contributed by atoms with E-state index in [0.29, 0.717) is 0 Å². The van der Waals surface area contributed by atoms with Crippen molar-refractivity contribution in [3.05, 3.63) is 0 Å². The molecule has 0 aromatic rings. The molecular formula is C14H28N2. The highest BCUT2D eigenvalue weighted by Crippen LogP contribution is 2.22. The van der Waals surface area contributed by atoms with Gasteiger partial charge in [0.1, 0.15) is 0 Å². The minimum absolute atomic E-state index is 0.971. The molecule has 2 saturated heterocycles. The SMILES string of the molecule is CCN1CCC(CN2CCC(C)CC2)CC1. The van der Waals surface area contributed by atoms with E-state index in [2.05, 4.69) is 23.6 Å². The Kier molecular flexibility index (Phi) is 4.66. The molecule has 0 atom stereocenters. The molecule has 0 saturated carbocycles. The number of rotatable bonds is 3. The predicted molar refractivity (Wildman–Crippen MR) is 69.7 cm³/mol. The Labute approximate surface area is 101 Å². The van der Waals surface area contributed by atoms with Crippen LogP contribution in [0.15, 0.2) is 0 Å². The van der Waals surface area contributed by atoms with E-state index in [4.69, 9.17) is 0 Å². The van der Waals surface area contributed by atoms with Crippen LogP contribution in [0.5, 0.6) is 0 Å². The molecule has 94 valence electrons. The molecular weight excluding hydrogens is 196 g/mol. The summed E-state index contributed by atoms with van der Waals surface area (Å²) >= 11 is 0. The van der Waals surface area contributed by atoms with Crippen molar-refractivity contribution in [3.8, 4) is 0 Å². The largest absolute Gasteiger partial charge is 0.304 e. The molecule has 2 fully saturated rings. The van der Waals surface area contributed by atoms with Crippen molar-refractivity contribution in [2.45, 2.75) is 39.5 Å². The van der Waals surface area contributed by atoms with Crippen molar-refractivity contribution in [2.24, 2.45) is 11.8 Å². The van der Waals surface area contributed by atoms with Gasteiger partial charge in [-0.1, -0.05) is 13.8 Å². The molecule has 2 heterocycles. The zero-order chi connectivity index (χ0) is 11.4. The minimum atomic E-state index is 0.971. The van der Waals surface area contributed by atoms with Gasteiger partial charge in [0, 0.05) is 6.54 Å². The number of hydrogen-bond donors (Lipinski definition) is 0. The summed E-state index contributed by atoms with van der Waals surface area (Å²) in [5, 5.41) is 0. The van der Waals surface area contributed by atoms with Gasteiger partial charge < -0.3 is 9.80 Å². The maximum absolute atomic E-state index is 2.71. The van der Waals surface area contributed by atoms with Crippen LogP contribution in [0.25, 0.3) is 0 Å². The first-order chi connectivity index (χ1) is 7.78. The smallest absolute Gasteiger partial charge is 0.00106 e. The molecule has 0 N–H and O–H groups in total. The summed E-state index contributed by atoms with van der Waals surface area (Å²) in [6, 6.07) is 0. The van der Waals surface area contributed by atoms with E-state index in [0.717, 1.165) is 11.8 Å². The van der Waals surface area contributed by atoms with Crippen molar-refractivity contribution in [1.82, 2.24) is 9.80 Å². The average molecular weight is 224 g/mol. The molecule has 2 aliphatic heterocycles. The Bertz CT molecular complexity index is 189. The predicted octanol–water partition coefficient (Wildman–Crippen LogP) is 2.45. The summed E-state index contributed by atoms with van der Waals surface area (Å²) in [5.74, 6) is 1.95. The van der Waals surface area contributed by atoms with Crippen LogP contribution in [0.2, 0.25) is 0 Å². The molecule has 0 aliphatic carbocycles. The van der Waals surface area contributed by atoms with E-state index in [-0.39, 0.29) is 0 Å². The molecule has 2 aliphatic rings. The van der Waals surface area contributed by atoms with E-state index in [1.807, 2.05) is 0 Å². The van der Waals surface area contributed by atoms with Crippen LogP contribution in [0, 0.1) is 11.8 Å². The standard InChI is InChI=1S/C14H28N2/c1-3-15-10-6-14(7-11-15)12-16-8-4-13(2)5-9-16/h13-14H,3-12H2,1-2H3. The van der Waals surface area contributed by atoms with Crippen molar-refractivity contribution in [2.75, 3.05) is 39.3 Å². The van der Waals surface area contributed by atoms with Gasteiger partial charge in [-0.05, 0) is 70.2 Å². The summed E-state index contributed by atoms with van der Waals surface area (Å²) in [6.07, 6.45) is 5.71. The first-order valence-electron chi connectivity index (χ1n) is 7.22. The lowest BCUT2D eigenvalue weighted by Crippen LogP contribution is -2.41. The molecule has 16 heavy (non-hydrogen) atoms. The summed E-state index contributed by atoms with van der Waals surface area (Å²) in [7, 11) is 0. The van der Waals surface area contributed by atoms with E-state index in [1.165, 1.54) is 65.0 Å². The van der Waals surface area contributed by atoms with Crippen LogP contribution in [-0.2, 0) is 0 Å². The summed E-state index contributed by atoms with van der Waals surface area (Å²) in [6.45, 7) is 12.7. The Morgan fingerprint density at radius 1 is 0.875 bits per heavy atom. The van der Waals surface area contributed by atoms with E-state index in [1.54, 1.807) is 0 Å². The third kappa shape index (κ3) is 3.46. The fourth-order valence-corrected chi connectivity index (χ4v) is 3.10. The molecule has 0 bridgehead atoms. The quantitative estimate of drug-likeness (QED) is 0.726. The second-order valence-electron chi connectivity index (χ2n) is 5.86. The molecule has 2 rings (SSSR count). The lowest BCUT2D eigenvalue weighted by molar-refractivity contribution is 0.123. The fraction of sp³-hybridized carbons (Fsp3) is 1.00. The van der Waals surface area contributed by atoms with Crippen molar-refractivity contribution >= 4 is 0 Å². The minimum Gasteiger partial charge on any atom is -0.304 e. The lowest BCUT2D eigenvalue weighted by atomic mass is 9.93. The fourth-order valence-electron chi connectivity index (χ4n) is 3.10. The van der Waals surface area contributed by atoms with E-state index < -0.39 is 0 Å². The van der Waals surface area contributed by atoms with Crippen LogP contribution in [-0.4, -0.2) is 49.1 Å². The van der Waals surface area contributed by atoms with Gasteiger partial charge in [0.15, 0.2) is 0 Å². The monoisotopic (exact) mass is 224 g/mol. The second-order valence-corrected chi connectivity index (χ2v) is 5.86. The topological polar surface area (TPSA) is 6.48 Å². The third-order valence-electron chi connectivity index (χ3n) is 4.55. The van der Waals surface area contributed by atoms with Gasteiger partial charge in [-0.2, -0.15) is 0 Å². The van der Waals surface area contributed by atoms with E-state index >= 15 is 0 Å². The highest BCUT2D eigenvalue weighted by atomic mass is 15.1. The lowest BCUT2D eigenvalue weighted by Gasteiger charge is -2.36. The van der Waals surface area contributed by atoms with Gasteiger partial charge in [0.25, 0.3) is 0 Å². The number of nitrogens with zero attached hydrogens (tertiary/aromatic N) is 2. The van der Waals surface area contributed by atoms with Crippen LogP contribution >= 0.6 is 0 Å². The highest BCUT2D eigenvalue weighted by molar-refractivity contribution is 4.77. The molecule has 2 nitrogen and oxygen atoms in total. The van der Waals surface area contributed by atoms with Crippen molar-refractivity contribution in [3.63, 3.8) is 0 Å². The van der Waals surface area contributed by atoms with Crippen molar-refractivity contribution < 1.29 is 0 Å². The van der Waals surface area contributed by atoms with Gasteiger partial charge in [-0.15, -0.1) is 0 Å². The second kappa shape index (κ2) is 6.02. The molecule has 0 amide bonds. The first kappa shape index (κ1) is 12.4. The van der Waals surface area contributed by atoms with Gasteiger partial charge in [-0.3, -0.25) is 0 Å². The zero-order valence-corrected chi connectivity index (χ0v) is 11.1. The van der Waals surface area contributed by atoms with Gasteiger partial charge >= 0.3 is 0 Å². The Balaban J connectivity index is 1.66. The number of piperidine rings is 2. The molecule has 0 radical (unpaired) electrons. The van der Waals surface area contributed by atoms with Crippen LogP contribution < -0.4 is 0 Å². The Hall–Kier alpha value is -0.0800. The maximum atomic E-state index is 2.71. The van der Waals surface area contributed by atoms with Gasteiger partial charge in [0.2, 0.25) is 0 Å². The molecule has 0 spiro atoms. The zero-order valence-electron chi connectivity index (χ0n) is 11.1. The summed E-state index contributed by atoms with van der Waals surface area (Å²) in [4.78, 5) is 5.31. The number of likely N-dealkylation sites (tertiary alicyclic amines) is 2. The summed E-state index contributed by atoms with van der Waals surface area (Å²) in [5.41, 5.74) is 0. The highest BCUT2D eigenvalue weighted by Gasteiger charge is 2.22. The van der Waals surface area contributed by atoms with Gasteiger partial charge in [0.05, 0.1) is 0 Å². The molecule has 0 aromatic carbocycles. The van der Waals surface area contributed by atoms with Crippen LogP contribution in [0.4, 0.5) is 0 Å². The first-order valence-corrected chi connectivity index (χ1v) is 7.22. The van der Waals surface area contributed by atoms with Crippen LogP contribution in [0.3, 0.4) is 0 Å². The molecule has 0 unspecified atom stereocenters. The molecule has 0 aromatic heterocycles. The Morgan fingerprint density at radius 2 is 1.44 bits per heavy atom. The van der Waals surface area contributed by atoms with Crippen LogP contribution in [0.1, 0.15) is 39.5 Å². The van der Waals surface area contributed by atoms with E-state index in [9.17, 15) is 0 Å². The summed E-state index contributed by atoms with van der Waals surface area (Å²) < 4.78 is 0.